The molecule has 0 amide bonds. The van der Waals surface area contributed by atoms with Crippen LogP contribution in [0.5, 0.6) is 0 Å². The average molecular weight is 428 g/mol. The number of hydrogen-bond donors (Lipinski definition) is 0. The van der Waals surface area contributed by atoms with Gasteiger partial charge in [-0.1, -0.05) is 70.0 Å². The number of esters is 1. The maximum atomic E-state index is 12.0. The summed E-state index contributed by atoms with van der Waals surface area (Å²) in [5, 5.41) is 0. The molecule has 0 saturated carbocycles. The van der Waals surface area contributed by atoms with Gasteiger partial charge in [0.25, 0.3) is 0 Å². The van der Waals surface area contributed by atoms with Crippen molar-refractivity contribution in [3.8, 4) is 0 Å². The van der Waals surface area contributed by atoms with Gasteiger partial charge in [-0.2, -0.15) is 0 Å². The smallest absolute Gasteiger partial charge is 0.356 e. The summed E-state index contributed by atoms with van der Waals surface area (Å²) < 4.78 is 6.39. The van der Waals surface area contributed by atoms with Crippen LogP contribution in [0, 0.1) is 5.41 Å². The fourth-order valence-electron chi connectivity index (χ4n) is 3.20. The van der Waals surface area contributed by atoms with Gasteiger partial charge in [-0.25, -0.2) is 9.78 Å². The fraction of sp³-hybridized carbons (Fsp3) is 0.375. The molecule has 0 saturated heterocycles. The van der Waals surface area contributed by atoms with Crippen molar-refractivity contribution in [1.29, 1.82) is 0 Å². The lowest BCUT2D eigenvalue weighted by Gasteiger charge is -2.37. The Morgan fingerprint density at radius 2 is 2.00 bits per heavy atom. The molecule has 3 rings (SSSR count). The molecule has 1 heterocycles. The predicted molar refractivity (Wildman–Crippen MR) is 91.5 cm³/mol. The number of benzene rings is 1. The van der Waals surface area contributed by atoms with E-state index in [2.05, 4.69) is 62.8 Å². The first-order valence-electron chi connectivity index (χ1n) is 6.89. The van der Waals surface area contributed by atoms with E-state index in [1.165, 1.54) is 7.11 Å². The van der Waals surface area contributed by atoms with Crippen molar-refractivity contribution >= 4 is 37.8 Å². The monoisotopic (exact) mass is 426 g/mol. The summed E-state index contributed by atoms with van der Waals surface area (Å²) in [7, 11) is 1.38. The van der Waals surface area contributed by atoms with E-state index in [0.717, 1.165) is 11.1 Å². The number of nitrogens with zero attached hydrogens (tertiary/aromatic N) is 2. The Labute approximate surface area is 146 Å². The second-order valence-corrected chi connectivity index (χ2v) is 9.41. The molecule has 0 radical (unpaired) electrons. The Morgan fingerprint density at radius 3 is 2.68 bits per heavy atom. The Kier molecular flexibility index (Phi) is 3.72. The predicted octanol–water partition coefficient (Wildman–Crippen LogP) is 4.24. The number of fused-ring (bicyclic) bond motifs is 1. The highest BCUT2D eigenvalue weighted by Crippen LogP contribution is 2.65. The Morgan fingerprint density at radius 1 is 1.32 bits per heavy atom. The highest BCUT2D eigenvalue weighted by atomic mass is 79.9. The number of ether oxygens (including phenoxy) is 1. The van der Waals surface area contributed by atoms with Crippen LogP contribution < -0.4 is 0 Å². The Hall–Kier alpha value is -1.14. The maximum Gasteiger partial charge on any atom is 0.356 e. The van der Waals surface area contributed by atoms with E-state index < -0.39 is 0 Å². The van der Waals surface area contributed by atoms with Crippen LogP contribution in [0.15, 0.2) is 36.8 Å². The third-order valence-electron chi connectivity index (χ3n) is 4.43. The van der Waals surface area contributed by atoms with Crippen LogP contribution in [0.3, 0.4) is 0 Å². The van der Waals surface area contributed by atoms with Crippen LogP contribution >= 0.6 is 31.9 Å². The largest absolute Gasteiger partial charge is 0.464 e. The lowest BCUT2D eigenvalue weighted by molar-refractivity contribution is 0.0583. The van der Waals surface area contributed by atoms with Crippen LogP contribution in [0.2, 0.25) is 0 Å². The lowest BCUT2D eigenvalue weighted by atomic mass is 9.84. The topological polar surface area (TPSA) is 44.1 Å². The molecular formula is C16H16Br2N2O2. The molecule has 1 aliphatic carbocycles. The second kappa shape index (κ2) is 5.20. The molecule has 1 unspecified atom stereocenters. The van der Waals surface area contributed by atoms with E-state index in [1.807, 2.05) is 16.7 Å². The van der Waals surface area contributed by atoms with Crippen molar-refractivity contribution < 1.29 is 9.53 Å². The van der Waals surface area contributed by atoms with E-state index in [1.54, 1.807) is 12.5 Å². The maximum absolute atomic E-state index is 12.0. The molecule has 0 fully saturated rings. The highest BCUT2D eigenvalue weighted by Gasteiger charge is 2.56. The van der Waals surface area contributed by atoms with Gasteiger partial charge in [0.2, 0.25) is 0 Å². The molecule has 1 aliphatic rings. The number of methoxy groups -OCH3 is 1. The van der Waals surface area contributed by atoms with Crippen LogP contribution in [-0.2, 0) is 7.97 Å². The minimum Gasteiger partial charge on any atom is -0.464 e. The first-order chi connectivity index (χ1) is 10.3. The highest BCUT2D eigenvalue weighted by molar-refractivity contribution is 9.24. The normalized spacial score (nSPS) is 21.4. The van der Waals surface area contributed by atoms with Crippen molar-refractivity contribution in [3.63, 3.8) is 0 Å². The van der Waals surface area contributed by atoms with Gasteiger partial charge in [0.15, 0.2) is 0 Å². The molecular weight excluding hydrogens is 412 g/mol. The third-order valence-corrected chi connectivity index (χ3v) is 7.32. The number of alkyl halides is 2. The van der Waals surface area contributed by atoms with E-state index >= 15 is 0 Å². The molecule has 1 atom stereocenters. The quantitative estimate of drug-likeness (QED) is 0.531. The number of imidazole rings is 1. The van der Waals surface area contributed by atoms with Gasteiger partial charge in [-0.15, -0.1) is 0 Å². The van der Waals surface area contributed by atoms with Crippen LogP contribution in [0.4, 0.5) is 0 Å². The van der Waals surface area contributed by atoms with E-state index in [9.17, 15) is 4.79 Å². The van der Waals surface area contributed by atoms with Crippen LogP contribution in [-0.4, -0.2) is 22.6 Å². The zero-order chi connectivity index (χ0) is 16.1. The molecule has 0 bridgehead atoms. The molecule has 6 heteroatoms. The fourth-order valence-corrected chi connectivity index (χ4v) is 4.36. The van der Waals surface area contributed by atoms with Gasteiger partial charge in [-0.05, 0) is 11.1 Å². The second-order valence-electron chi connectivity index (χ2n) is 5.96. The molecule has 0 aliphatic heterocycles. The van der Waals surface area contributed by atoms with Gasteiger partial charge in [0.05, 0.1) is 25.7 Å². The molecule has 1 aromatic heterocycles. The number of hydrogen-bond acceptors (Lipinski definition) is 3. The number of aromatic nitrogens is 2. The third kappa shape index (κ3) is 2.00. The Balaban J connectivity index is 2.24. The molecule has 1 aromatic carbocycles. The van der Waals surface area contributed by atoms with Gasteiger partial charge in [0, 0.05) is 5.41 Å². The van der Waals surface area contributed by atoms with Crippen molar-refractivity contribution in [2.45, 2.75) is 23.1 Å². The van der Waals surface area contributed by atoms with Gasteiger partial charge < -0.3 is 9.30 Å². The summed E-state index contributed by atoms with van der Waals surface area (Å²) >= 11 is 7.67. The summed E-state index contributed by atoms with van der Waals surface area (Å²) in [4.78, 5) is 16.2. The zero-order valence-electron chi connectivity index (χ0n) is 12.5. The summed E-state index contributed by atoms with van der Waals surface area (Å²) in [6.45, 7) is 4.31. The van der Waals surface area contributed by atoms with Crippen molar-refractivity contribution in [2.24, 2.45) is 5.41 Å². The first kappa shape index (κ1) is 15.7. The first-order valence-corrected chi connectivity index (χ1v) is 8.48. The van der Waals surface area contributed by atoms with Gasteiger partial charge >= 0.3 is 5.97 Å². The molecule has 22 heavy (non-hydrogen) atoms. The van der Waals surface area contributed by atoms with Crippen molar-refractivity contribution in [3.05, 3.63) is 53.6 Å². The van der Waals surface area contributed by atoms with Crippen molar-refractivity contribution in [1.82, 2.24) is 9.55 Å². The van der Waals surface area contributed by atoms with Crippen LogP contribution in [0.1, 0.15) is 41.5 Å². The van der Waals surface area contributed by atoms with Crippen LogP contribution in [0.25, 0.3) is 0 Å². The summed E-state index contributed by atoms with van der Waals surface area (Å²) in [5.41, 5.74) is 2.53. The number of rotatable bonds is 2. The average Bonchev–Trinajstić information content (AvgIpc) is 3.00. The summed E-state index contributed by atoms with van der Waals surface area (Å²) in [6.07, 6.45) is 3.24. The molecule has 2 aromatic rings. The number of carbonyl (C=O) groups is 1. The molecule has 0 spiro atoms. The van der Waals surface area contributed by atoms with Gasteiger partial charge in [0.1, 0.15) is 8.93 Å². The van der Waals surface area contributed by atoms with E-state index in [-0.39, 0.29) is 20.7 Å². The number of carbonyl (C=O) groups excluding carboxylic acids is 1. The minimum absolute atomic E-state index is 0.0425. The van der Waals surface area contributed by atoms with E-state index in [4.69, 9.17) is 4.74 Å². The van der Waals surface area contributed by atoms with Crippen molar-refractivity contribution in [2.75, 3.05) is 7.11 Å². The molecule has 4 nitrogen and oxygen atoms in total. The van der Waals surface area contributed by atoms with Gasteiger partial charge in [-0.3, -0.25) is 0 Å². The standard InChI is InChI=1S/C16H16Br2N2O2/c1-15(2)13(20-9-19-8-12(20)14(21)22-3)10-6-4-5-7-11(10)16(15,17)18/h4-9,13H,1-3H3. The summed E-state index contributed by atoms with van der Waals surface area (Å²) in [6, 6.07) is 8.17. The Bertz CT molecular complexity index is 737. The summed E-state index contributed by atoms with van der Waals surface area (Å²) in [5.74, 6) is -0.382. The lowest BCUT2D eigenvalue weighted by Crippen LogP contribution is -2.34. The molecule has 116 valence electrons. The molecule has 0 N–H and O–H groups in total. The minimum atomic E-state index is -0.383. The zero-order valence-corrected chi connectivity index (χ0v) is 15.7. The number of halogens is 2. The van der Waals surface area contributed by atoms with E-state index in [0.29, 0.717) is 5.69 Å². The SMILES string of the molecule is COC(=O)c1cncn1C1c2ccccc2C(Br)(Br)C1(C)C.